The van der Waals surface area contributed by atoms with Crippen molar-refractivity contribution in [3.8, 4) is 6.07 Å². The number of nitrogens with zero attached hydrogens (tertiary/aromatic N) is 2. The highest BCUT2D eigenvalue weighted by molar-refractivity contribution is 6.01. The van der Waals surface area contributed by atoms with Crippen LogP contribution in [0.25, 0.3) is 0 Å². The van der Waals surface area contributed by atoms with E-state index in [1.54, 1.807) is 0 Å². The Morgan fingerprint density at radius 3 is 2.68 bits per heavy atom. The average Bonchev–Trinajstić information content (AvgIpc) is 2.81. The first kappa shape index (κ1) is 12.2. The second-order valence-corrected chi connectivity index (χ2v) is 6.12. The zero-order chi connectivity index (χ0) is 13.5. The number of hydrogen-bond acceptors (Lipinski definition) is 3. The third-order valence-electron chi connectivity index (χ3n) is 4.58. The fourth-order valence-electron chi connectivity index (χ4n) is 2.89. The minimum Gasteiger partial charge on any atom is -0.392 e. The van der Waals surface area contributed by atoms with Gasteiger partial charge in [0.15, 0.2) is 0 Å². The molecule has 1 aromatic carbocycles. The Bertz CT molecular complexity index is 555. The maximum atomic E-state index is 8.79. The molecule has 3 heteroatoms. The van der Waals surface area contributed by atoms with Crippen LogP contribution in [0.3, 0.4) is 0 Å². The van der Waals surface area contributed by atoms with Crippen LogP contribution in [-0.4, -0.2) is 11.8 Å². The second kappa shape index (κ2) is 4.38. The highest BCUT2D eigenvalue weighted by atomic mass is 16.6. The highest BCUT2D eigenvalue weighted by Gasteiger charge is 2.48. The van der Waals surface area contributed by atoms with E-state index in [1.807, 2.05) is 24.3 Å². The van der Waals surface area contributed by atoms with E-state index in [0.29, 0.717) is 11.0 Å². The monoisotopic (exact) mass is 254 g/mol. The summed E-state index contributed by atoms with van der Waals surface area (Å²) in [6.45, 7) is 4.64. The smallest absolute Gasteiger partial charge is 0.133 e. The number of hydrogen-bond donors (Lipinski definition) is 0. The van der Waals surface area contributed by atoms with Crippen molar-refractivity contribution in [1.29, 1.82) is 5.26 Å². The van der Waals surface area contributed by atoms with Crippen LogP contribution in [0, 0.1) is 22.7 Å². The number of rotatable bonds is 3. The Kier molecular flexibility index (Phi) is 2.82. The molecule has 1 aliphatic carbocycles. The van der Waals surface area contributed by atoms with Gasteiger partial charge in [0.25, 0.3) is 0 Å². The first-order valence-electron chi connectivity index (χ1n) is 6.84. The Hall–Kier alpha value is -1.82. The quantitative estimate of drug-likeness (QED) is 0.828. The molecule has 0 radical (unpaired) electrons. The Morgan fingerprint density at radius 1 is 1.42 bits per heavy atom. The Labute approximate surface area is 113 Å². The number of oxime groups is 1. The van der Waals surface area contributed by atoms with Crippen LogP contribution in [0.15, 0.2) is 29.4 Å². The Balaban J connectivity index is 1.63. The normalized spacial score (nSPS) is 32.4. The fraction of sp³-hybridized carbons (Fsp3) is 0.500. The molecule has 19 heavy (non-hydrogen) atoms. The van der Waals surface area contributed by atoms with Crippen LogP contribution in [-0.2, 0) is 4.84 Å². The van der Waals surface area contributed by atoms with Gasteiger partial charge in [-0.3, -0.25) is 0 Å². The molecule has 0 spiro atoms. The summed E-state index contributed by atoms with van der Waals surface area (Å²) in [6.07, 6.45) is 3.51. The molecule has 3 unspecified atom stereocenters. The van der Waals surface area contributed by atoms with E-state index in [9.17, 15) is 0 Å². The maximum Gasteiger partial charge on any atom is 0.133 e. The summed E-state index contributed by atoms with van der Waals surface area (Å²) in [6, 6.07) is 9.68. The molecule has 3 atom stereocenters. The molecule has 1 fully saturated rings. The fourth-order valence-corrected chi connectivity index (χ4v) is 2.89. The SMILES string of the molecule is CC1CC1(C)CC1CC(c2ccc(C#N)cc2)=NO1. The van der Waals surface area contributed by atoms with E-state index in [0.717, 1.165) is 30.0 Å². The number of nitriles is 1. The minimum atomic E-state index is 0.223. The number of benzene rings is 1. The van der Waals surface area contributed by atoms with Gasteiger partial charge in [0.1, 0.15) is 6.10 Å². The van der Waals surface area contributed by atoms with Crippen LogP contribution in [0.4, 0.5) is 0 Å². The van der Waals surface area contributed by atoms with E-state index in [4.69, 9.17) is 10.1 Å². The largest absolute Gasteiger partial charge is 0.392 e. The van der Waals surface area contributed by atoms with Gasteiger partial charge in [-0.15, -0.1) is 0 Å². The van der Waals surface area contributed by atoms with Gasteiger partial charge >= 0.3 is 0 Å². The van der Waals surface area contributed by atoms with Gasteiger partial charge in [-0.1, -0.05) is 31.1 Å². The summed E-state index contributed by atoms with van der Waals surface area (Å²) in [7, 11) is 0. The molecule has 0 bridgehead atoms. The summed E-state index contributed by atoms with van der Waals surface area (Å²) in [5, 5.41) is 13.0. The molecule has 1 aromatic rings. The van der Waals surface area contributed by atoms with Crippen LogP contribution in [0.5, 0.6) is 0 Å². The van der Waals surface area contributed by atoms with E-state index < -0.39 is 0 Å². The molecule has 0 aromatic heterocycles. The summed E-state index contributed by atoms with van der Waals surface area (Å²) in [4.78, 5) is 5.56. The molecular formula is C16H18N2O. The third-order valence-corrected chi connectivity index (χ3v) is 4.58. The second-order valence-electron chi connectivity index (χ2n) is 6.12. The van der Waals surface area contributed by atoms with Crippen LogP contribution in [0.2, 0.25) is 0 Å². The molecule has 0 amide bonds. The molecule has 0 N–H and O–H groups in total. The first-order chi connectivity index (χ1) is 9.10. The van der Waals surface area contributed by atoms with Crippen molar-refractivity contribution in [2.75, 3.05) is 0 Å². The molecule has 1 heterocycles. The molecule has 3 nitrogen and oxygen atoms in total. The average molecular weight is 254 g/mol. The molecule has 0 saturated heterocycles. The van der Waals surface area contributed by atoms with Gasteiger partial charge in [0.05, 0.1) is 17.3 Å². The van der Waals surface area contributed by atoms with Crippen molar-refractivity contribution >= 4 is 5.71 Å². The Morgan fingerprint density at radius 2 is 2.11 bits per heavy atom. The van der Waals surface area contributed by atoms with Gasteiger partial charge in [0.2, 0.25) is 0 Å². The third kappa shape index (κ3) is 2.35. The summed E-state index contributed by atoms with van der Waals surface area (Å²) in [5.41, 5.74) is 3.21. The standard InChI is InChI=1S/C16H18N2O/c1-11-8-16(11,2)9-14-7-15(18-19-14)13-5-3-12(10-17)4-6-13/h3-6,11,14H,7-9H2,1-2H3. The predicted octanol–water partition coefficient (Wildman–Crippen LogP) is 3.49. The van der Waals surface area contributed by atoms with Crippen LogP contribution in [0.1, 0.15) is 44.2 Å². The van der Waals surface area contributed by atoms with Crippen molar-refractivity contribution in [2.24, 2.45) is 16.5 Å². The van der Waals surface area contributed by atoms with Crippen LogP contribution < -0.4 is 0 Å². The predicted molar refractivity (Wildman–Crippen MR) is 73.7 cm³/mol. The lowest BCUT2D eigenvalue weighted by Gasteiger charge is -2.14. The topological polar surface area (TPSA) is 45.4 Å². The van der Waals surface area contributed by atoms with Crippen molar-refractivity contribution in [3.63, 3.8) is 0 Å². The summed E-state index contributed by atoms with van der Waals surface area (Å²) < 4.78 is 0. The van der Waals surface area contributed by atoms with E-state index >= 15 is 0 Å². The lowest BCUT2D eigenvalue weighted by atomic mass is 9.94. The van der Waals surface area contributed by atoms with Crippen molar-refractivity contribution < 1.29 is 4.84 Å². The zero-order valence-electron chi connectivity index (χ0n) is 11.4. The molecular weight excluding hydrogens is 236 g/mol. The highest BCUT2D eigenvalue weighted by Crippen LogP contribution is 2.55. The van der Waals surface area contributed by atoms with E-state index in [2.05, 4.69) is 25.1 Å². The maximum absolute atomic E-state index is 8.79. The molecule has 1 saturated carbocycles. The lowest BCUT2D eigenvalue weighted by Crippen LogP contribution is -2.14. The van der Waals surface area contributed by atoms with Gasteiger partial charge in [0, 0.05) is 6.42 Å². The zero-order valence-corrected chi connectivity index (χ0v) is 11.4. The molecule has 3 rings (SSSR count). The minimum absolute atomic E-state index is 0.223. The van der Waals surface area contributed by atoms with Crippen molar-refractivity contribution in [2.45, 2.75) is 39.2 Å². The first-order valence-corrected chi connectivity index (χ1v) is 6.84. The summed E-state index contributed by atoms with van der Waals surface area (Å²) >= 11 is 0. The molecule has 98 valence electrons. The lowest BCUT2D eigenvalue weighted by molar-refractivity contribution is 0.0627. The van der Waals surface area contributed by atoms with Crippen molar-refractivity contribution in [3.05, 3.63) is 35.4 Å². The van der Waals surface area contributed by atoms with E-state index in [-0.39, 0.29) is 6.10 Å². The summed E-state index contributed by atoms with van der Waals surface area (Å²) in [5.74, 6) is 0.815. The molecule has 1 aliphatic heterocycles. The van der Waals surface area contributed by atoms with Gasteiger partial charge in [-0.05, 0) is 41.9 Å². The van der Waals surface area contributed by atoms with Gasteiger partial charge in [-0.2, -0.15) is 5.26 Å². The van der Waals surface area contributed by atoms with Crippen LogP contribution >= 0.6 is 0 Å². The van der Waals surface area contributed by atoms with Crippen molar-refractivity contribution in [1.82, 2.24) is 0 Å². The van der Waals surface area contributed by atoms with E-state index in [1.165, 1.54) is 6.42 Å². The van der Waals surface area contributed by atoms with Gasteiger partial charge < -0.3 is 4.84 Å². The van der Waals surface area contributed by atoms with Gasteiger partial charge in [-0.25, -0.2) is 0 Å². The molecule has 2 aliphatic rings.